The summed E-state index contributed by atoms with van der Waals surface area (Å²) in [6.07, 6.45) is -10.4. The highest BCUT2D eigenvalue weighted by Gasteiger charge is 2.54. The molecule has 11 atom stereocenters. The van der Waals surface area contributed by atoms with E-state index in [1.165, 1.54) is 18.0 Å². The zero-order valence-electron chi connectivity index (χ0n) is 41.2. The molecule has 2 bridgehead atoms. The molecule has 0 saturated carbocycles. The van der Waals surface area contributed by atoms with Gasteiger partial charge in [0.2, 0.25) is 11.8 Å². The van der Waals surface area contributed by atoms with E-state index in [9.17, 15) is 38.2 Å². The topological polar surface area (TPSA) is 347 Å². The maximum atomic E-state index is 16.8. The number of halogens is 2. The third-order valence-corrected chi connectivity index (χ3v) is 15.9. The Labute approximate surface area is 450 Å². The van der Waals surface area contributed by atoms with Crippen molar-refractivity contribution in [2.75, 3.05) is 37.4 Å². The number of aromatic nitrogens is 7. The number of nitrogens with one attached hydrogen (secondary N) is 4. The number of benzene rings is 2. The van der Waals surface area contributed by atoms with Gasteiger partial charge in [-0.05, 0) is 35.2 Å². The number of imidazole rings is 1. The molecule has 7 N–H and O–H groups in total. The Bertz CT molecular complexity index is 3410. The average Bonchev–Trinajstić information content (AvgIpc) is 4.30. The smallest absolute Gasteiger partial charge is 0.410 e. The van der Waals surface area contributed by atoms with Gasteiger partial charge in [-0.25, -0.2) is 42.6 Å². The molecule has 2 aromatic carbocycles. The van der Waals surface area contributed by atoms with Gasteiger partial charge in [0.05, 0.1) is 38.5 Å². The first-order valence-corrected chi connectivity index (χ1v) is 29.0. The van der Waals surface area contributed by atoms with E-state index in [0.717, 1.165) is 34.3 Å². The fraction of sp³-hybridized carbons (Fsp3) is 0.400. The number of fused-ring (bicyclic) bond motifs is 5. The Morgan fingerprint density at radius 3 is 2.36 bits per heavy atom. The molecular formula is C45H50F2N12O15P2S2. The third kappa shape index (κ3) is 12.3. The molecule has 3 aliphatic heterocycles. The molecule has 0 radical (unpaired) electrons. The number of carbonyl (C=O) groups excluding carboxylic acids is 4. The second kappa shape index (κ2) is 23.2. The van der Waals surface area contributed by atoms with Crippen molar-refractivity contribution in [2.24, 2.45) is 11.7 Å². The molecule has 0 aliphatic carbocycles. The molecule has 3 fully saturated rings. The van der Waals surface area contributed by atoms with Gasteiger partial charge in [0.25, 0.3) is 11.5 Å². The summed E-state index contributed by atoms with van der Waals surface area (Å²) in [4.78, 5) is 84.2. The summed E-state index contributed by atoms with van der Waals surface area (Å²) < 4.78 is 101. The minimum absolute atomic E-state index is 0.0273. The normalized spacial score (nSPS) is 26.8. The zero-order chi connectivity index (χ0) is 55.8. The van der Waals surface area contributed by atoms with Crippen LogP contribution in [0, 0.1) is 11.7 Å². The van der Waals surface area contributed by atoms with Gasteiger partial charge in [-0.1, -0.05) is 68.7 Å². The Balaban J connectivity index is 0.841. The van der Waals surface area contributed by atoms with Crippen molar-refractivity contribution in [3.63, 3.8) is 0 Å². The number of aliphatic hydroxyl groups excluding tert-OH is 1. The number of alkyl halides is 1. The number of hydrogen-bond acceptors (Lipinski definition) is 20. The van der Waals surface area contributed by atoms with Crippen molar-refractivity contribution in [1.82, 2.24) is 44.3 Å². The summed E-state index contributed by atoms with van der Waals surface area (Å²) in [7, 11) is 1.47. The van der Waals surface area contributed by atoms with Crippen molar-refractivity contribution in [3.05, 3.63) is 107 Å². The van der Waals surface area contributed by atoms with E-state index in [1.54, 1.807) is 56.3 Å². The molecular weight excluding hydrogens is 1110 g/mol. The van der Waals surface area contributed by atoms with E-state index in [1.807, 2.05) is 0 Å². The van der Waals surface area contributed by atoms with Gasteiger partial charge in [-0.2, -0.15) is 0 Å². The number of aliphatic hydroxyl groups is 1. The van der Waals surface area contributed by atoms with Crippen molar-refractivity contribution in [3.8, 4) is 0 Å². The van der Waals surface area contributed by atoms with Gasteiger partial charge in [0.15, 0.2) is 47.1 Å². The minimum atomic E-state index is -4.62. The van der Waals surface area contributed by atoms with Gasteiger partial charge in [-0.3, -0.25) is 41.8 Å². The van der Waals surface area contributed by atoms with Gasteiger partial charge in [0.1, 0.15) is 48.8 Å². The van der Waals surface area contributed by atoms with Crippen molar-refractivity contribution < 1.29 is 74.5 Å². The number of thiol groups is 2. The fourth-order valence-corrected chi connectivity index (χ4v) is 11.5. The summed E-state index contributed by atoms with van der Waals surface area (Å²) >= 11 is 8.12. The SMILES string of the molecule is CC(C)[C@H](N)C(=O)NCC(=O)Nc1ccc(COC(=O)N(C)Cc2ccccc2C(=O)Nc2ncnc3c2ncn3[C@@H]2OC3CO[P@@](=O)(S)O[C@@H]4[C@H](O)C(CO[P@@](=O)(S)O[C@H]3[C@H]2F)O[C@H]4n2cc(F)c3c(=O)[nH]cnc32)cc1. The molecule has 78 heavy (non-hydrogen) atoms. The monoisotopic (exact) mass is 1160 g/mol. The Morgan fingerprint density at radius 1 is 0.936 bits per heavy atom. The molecule has 27 nitrogen and oxygen atoms in total. The minimum Gasteiger partial charge on any atom is -0.445 e. The number of hydrogen-bond donors (Lipinski definition) is 8. The molecule has 4 amide bonds. The second-order valence-electron chi connectivity index (χ2n) is 18.3. The van der Waals surface area contributed by atoms with Gasteiger partial charge < -0.3 is 55.5 Å². The number of anilines is 2. The lowest BCUT2D eigenvalue weighted by Crippen LogP contribution is -2.46. The van der Waals surface area contributed by atoms with Crippen LogP contribution in [-0.4, -0.2) is 137 Å². The number of nitrogens with zero attached hydrogens (tertiary/aromatic N) is 7. The highest BCUT2D eigenvalue weighted by molar-refractivity contribution is 8.44. The first kappa shape index (κ1) is 56.5. The maximum absolute atomic E-state index is 16.8. The van der Waals surface area contributed by atoms with Crippen LogP contribution in [-0.2, 0) is 64.2 Å². The van der Waals surface area contributed by atoms with E-state index in [-0.39, 0.29) is 53.8 Å². The van der Waals surface area contributed by atoms with Crippen LogP contribution in [0.3, 0.4) is 0 Å². The lowest BCUT2D eigenvalue weighted by Gasteiger charge is -2.26. The first-order valence-electron chi connectivity index (χ1n) is 23.6. The first-order chi connectivity index (χ1) is 37.1. The van der Waals surface area contributed by atoms with Gasteiger partial charge in [0, 0.05) is 31.0 Å². The van der Waals surface area contributed by atoms with Crippen LogP contribution in [0.25, 0.3) is 22.2 Å². The molecule has 3 aliphatic rings. The van der Waals surface area contributed by atoms with Crippen LogP contribution < -0.4 is 27.2 Å². The predicted octanol–water partition coefficient (Wildman–Crippen LogP) is 4.15. The molecule has 6 aromatic rings. The molecule has 3 saturated heterocycles. The number of rotatable bonds is 13. The number of ether oxygens (including phenoxy) is 3. The standard InChI is InChI=1S/C45H50F2N12O15P2S2/c1-21(2)32(48)42(64)49-12-29(60)55-24-10-8-22(9-11-24)15-68-45(65)57(3)13-23-6-4-5-7-25(23)40(62)56-37-33-39(52-18-50-37)59(20-54-33)43-31(47)35-28(72-43)17-70-76(67,78)74-36-34(61)27(16-69-75(66,77)73-35)71-44(36)58-14-26(46)30-38(58)51-19-53-41(30)63/h4-11,14,18-21,27-28,31-32,34-36,43-44,61H,12-13,15-17,48H2,1-3H3,(H,49,64)(H,55,60)(H,66,77)(H,67,78)(H,51,53,63)(H,50,52,56,62)/t27?,28?,31-,32+,34-,35-,36-,43-,44-,75-,76-/m1/s1. The highest BCUT2D eigenvalue weighted by atomic mass is 32.7. The van der Waals surface area contributed by atoms with Gasteiger partial charge >= 0.3 is 19.7 Å². The zero-order valence-corrected chi connectivity index (χ0v) is 44.7. The van der Waals surface area contributed by atoms with E-state index < -0.39 is 123 Å². The summed E-state index contributed by atoms with van der Waals surface area (Å²) in [6, 6.07) is 12.2. The lowest BCUT2D eigenvalue weighted by atomic mass is 10.1. The summed E-state index contributed by atoms with van der Waals surface area (Å²) in [5.74, 6) is -2.79. The predicted molar refractivity (Wildman–Crippen MR) is 276 cm³/mol. The Kier molecular flexibility index (Phi) is 16.8. The van der Waals surface area contributed by atoms with Crippen LogP contribution in [0.5, 0.6) is 0 Å². The van der Waals surface area contributed by atoms with Gasteiger partial charge in [-0.15, -0.1) is 0 Å². The second-order valence-corrected chi connectivity index (χ2v) is 24.1. The molecule has 2 unspecified atom stereocenters. The van der Waals surface area contributed by atoms with Crippen LogP contribution in [0.1, 0.15) is 47.8 Å². The van der Waals surface area contributed by atoms with Crippen LogP contribution >= 0.6 is 38.1 Å². The number of aromatic amines is 1. The molecule has 0 spiro atoms. The van der Waals surface area contributed by atoms with Crippen molar-refractivity contribution >= 4 is 95.6 Å². The number of amides is 4. The molecule has 7 heterocycles. The highest BCUT2D eigenvalue weighted by Crippen LogP contribution is 2.60. The molecule has 416 valence electrons. The summed E-state index contributed by atoms with van der Waals surface area (Å²) in [6.45, 7) is -7.68. The fourth-order valence-electron chi connectivity index (χ4n) is 8.56. The van der Waals surface area contributed by atoms with Crippen LogP contribution in [0.15, 0.2) is 78.5 Å². The van der Waals surface area contributed by atoms with Crippen LogP contribution in [0.2, 0.25) is 0 Å². The number of carbonyl (C=O) groups is 4. The average molecular weight is 1160 g/mol. The largest absolute Gasteiger partial charge is 0.445 e. The quantitative estimate of drug-likeness (QED) is 0.0595. The summed E-state index contributed by atoms with van der Waals surface area (Å²) in [5.41, 5.74) is 6.27. The maximum Gasteiger partial charge on any atom is 0.410 e. The Hall–Kier alpha value is -6.21. The van der Waals surface area contributed by atoms with E-state index >= 15 is 8.78 Å². The van der Waals surface area contributed by atoms with Crippen molar-refractivity contribution in [2.45, 2.75) is 82.2 Å². The molecule has 9 rings (SSSR count). The molecule has 4 aromatic heterocycles. The molecule has 33 heteroatoms. The number of H-pyrrole nitrogens is 1. The summed E-state index contributed by atoms with van der Waals surface area (Å²) in [5, 5.41) is 18.7. The Morgan fingerprint density at radius 2 is 1.63 bits per heavy atom. The van der Waals surface area contributed by atoms with E-state index in [4.69, 9.17) is 38.0 Å². The third-order valence-electron chi connectivity index (χ3n) is 12.6. The van der Waals surface area contributed by atoms with Crippen molar-refractivity contribution in [1.29, 1.82) is 0 Å². The lowest BCUT2D eigenvalue weighted by molar-refractivity contribution is -0.125. The van der Waals surface area contributed by atoms with E-state index in [0.29, 0.717) is 16.8 Å². The number of nitrogens with two attached hydrogens (primary N) is 1. The van der Waals surface area contributed by atoms with E-state index in [2.05, 4.69) is 65.4 Å². The van der Waals surface area contributed by atoms with Crippen LogP contribution in [0.4, 0.5) is 25.1 Å².